The number of hydrogen-bond donors (Lipinski definition) is 2. The van der Waals surface area contributed by atoms with E-state index in [4.69, 9.17) is 20.9 Å². The summed E-state index contributed by atoms with van der Waals surface area (Å²) in [4.78, 5) is 23.8. The molecule has 0 saturated heterocycles. The van der Waals surface area contributed by atoms with Crippen LogP contribution in [0.3, 0.4) is 0 Å². The third kappa shape index (κ3) is 6.76. The fourth-order valence-corrected chi connectivity index (χ4v) is 1.74. The van der Waals surface area contributed by atoms with Crippen LogP contribution < -0.4 is 11.5 Å². The lowest BCUT2D eigenvalue weighted by molar-refractivity contribution is -0.136. The zero-order chi connectivity index (χ0) is 14.8. The molecule has 0 aliphatic carbocycles. The molecule has 0 fully saturated rings. The van der Waals surface area contributed by atoms with Crippen LogP contribution in [0.2, 0.25) is 0 Å². The number of carbonyl (C=O) groups is 2. The third-order valence-corrected chi connectivity index (χ3v) is 2.75. The summed E-state index contributed by atoms with van der Waals surface area (Å²) in [5.41, 5.74) is 10.6. The fraction of sp³-hybridized carbons (Fsp3) is 0.692. The maximum Gasteiger partial charge on any atom is 0.253 e. The van der Waals surface area contributed by atoms with Crippen molar-refractivity contribution in [3.05, 3.63) is 12.2 Å². The molecule has 114 valence electrons. The summed E-state index contributed by atoms with van der Waals surface area (Å²) in [6.07, 6.45) is 4.75. The Morgan fingerprint density at radius 3 is 2.25 bits per heavy atom. The molecule has 0 spiro atoms. The highest BCUT2D eigenvalue weighted by Crippen LogP contribution is 2.06. The molecule has 0 radical (unpaired) electrons. The number of carbonyl (C=O) groups excluding carboxylic acids is 2. The van der Waals surface area contributed by atoms with Gasteiger partial charge in [0.25, 0.3) is 11.8 Å². The van der Waals surface area contributed by atoms with E-state index in [0.29, 0.717) is 33.0 Å². The largest absolute Gasteiger partial charge is 0.379 e. The van der Waals surface area contributed by atoms with Crippen molar-refractivity contribution in [2.45, 2.75) is 25.4 Å². The standard InChI is InChI=1S/C13H23N3O4/c14-11(15)10-20-9-8-19-7-3-1-2-6-16-12(17)4-5-13(16)18/h4-5,11H,1-3,6-10,14-15H2. The Morgan fingerprint density at radius 1 is 0.950 bits per heavy atom. The molecule has 20 heavy (non-hydrogen) atoms. The van der Waals surface area contributed by atoms with Gasteiger partial charge in [-0.3, -0.25) is 14.5 Å². The number of imide groups is 1. The lowest BCUT2D eigenvalue weighted by atomic mass is 10.2. The Kier molecular flexibility index (Phi) is 8.05. The first-order valence-electron chi connectivity index (χ1n) is 6.81. The number of unbranched alkanes of at least 4 members (excludes halogenated alkanes) is 2. The van der Waals surface area contributed by atoms with Gasteiger partial charge in [-0.1, -0.05) is 0 Å². The van der Waals surface area contributed by atoms with E-state index < -0.39 is 6.17 Å². The van der Waals surface area contributed by atoms with Crippen LogP contribution in [-0.4, -0.2) is 55.9 Å². The van der Waals surface area contributed by atoms with Gasteiger partial charge in [0.1, 0.15) is 0 Å². The van der Waals surface area contributed by atoms with Gasteiger partial charge in [-0.15, -0.1) is 0 Å². The van der Waals surface area contributed by atoms with Crippen LogP contribution in [0.1, 0.15) is 19.3 Å². The zero-order valence-electron chi connectivity index (χ0n) is 11.6. The molecular weight excluding hydrogens is 262 g/mol. The minimum atomic E-state index is -0.444. The van der Waals surface area contributed by atoms with Crippen LogP contribution in [-0.2, 0) is 19.1 Å². The van der Waals surface area contributed by atoms with Crippen molar-refractivity contribution in [1.29, 1.82) is 0 Å². The second-order valence-corrected chi connectivity index (χ2v) is 4.57. The van der Waals surface area contributed by atoms with Crippen molar-refractivity contribution in [1.82, 2.24) is 4.90 Å². The van der Waals surface area contributed by atoms with Gasteiger partial charge in [-0.2, -0.15) is 0 Å². The first-order chi connectivity index (χ1) is 9.61. The Morgan fingerprint density at radius 2 is 1.60 bits per heavy atom. The van der Waals surface area contributed by atoms with E-state index in [-0.39, 0.29) is 11.8 Å². The highest BCUT2D eigenvalue weighted by Gasteiger charge is 2.21. The molecule has 2 amide bonds. The summed E-state index contributed by atoms with van der Waals surface area (Å²) in [5, 5.41) is 0. The topological polar surface area (TPSA) is 108 Å². The molecule has 4 N–H and O–H groups in total. The van der Waals surface area contributed by atoms with Crippen LogP contribution >= 0.6 is 0 Å². The Balaban J connectivity index is 1.86. The van der Waals surface area contributed by atoms with Gasteiger partial charge in [0.2, 0.25) is 0 Å². The van der Waals surface area contributed by atoms with E-state index >= 15 is 0 Å². The van der Waals surface area contributed by atoms with Gasteiger partial charge in [0.15, 0.2) is 0 Å². The smallest absolute Gasteiger partial charge is 0.253 e. The van der Waals surface area contributed by atoms with Crippen LogP contribution in [0.25, 0.3) is 0 Å². The first-order valence-corrected chi connectivity index (χ1v) is 6.81. The summed E-state index contributed by atoms with van der Waals surface area (Å²) in [5.74, 6) is -0.442. The van der Waals surface area contributed by atoms with Crippen molar-refractivity contribution >= 4 is 11.8 Å². The van der Waals surface area contributed by atoms with Gasteiger partial charge in [-0.25, -0.2) is 0 Å². The van der Waals surface area contributed by atoms with Crippen LogP contribution in [0.15, 0.2) is 12.2 Å². The zero-order valence-corrected chi connectivity index (χ0v) is 11.6. The van der Waals surface area contributed by atoms with E-state index in [0.717, 1.165) is 19.3 Å². The molecule has 0 aromatic carbocycles. The average Bonchev–Trinajstić information content (AvgIpc) is 2.71. The lowest BCUT2D eigenvalue weighted by Crippen LogP contribution is -2.35. The second-order valence-electron chi connectivity index (χ2n) is 4.57. The summed E-state index contributed by atoms with van der Waals surface area (Å²) >= 11 is 0. The van der Waals surface area contributed by atoms with E-state index in [1.807, 2.05) is 0 Å². The third-order valence-electron chi connectivity index (χ3n) is 2.75. The number of rotatable bonds is 11. The number of amides is 2. The molecule has 0 aromatic heterocycles. The molecule has 1 aliphatic heterocycles. The van der Waals surface area contributed by atoms with E-state index in [1.54, 1.807) is 0 Å². The fourth-order valence-electron chi connectivity index (χ4n) is 1.74. The second kappa shape index (κ2) is 9.60. The monoisotopic (exact) mass is 285 g/mol. The van der Waals surface area contributed by atoms with Gasteiger partial charge in [0.05, 0.1) is 26.0 Å². The van der Waals surface area contributed by atoms with E-state index in [2.05, 4.69) is 0 Å². The number of ether oxygens (including phenoxy) is 2. The molecule has 7 nitrogen and oxygen atoms in total. The van der Waals surface area contributed by atoms with Gasteiger partial charge in [0, 0.05) is 25.3 Å². The van der Waals surface area contributed by atoms with Crippen molar-refractivity contribution in [2.75, 3.05) is 33.0 Å². The highest BCUT2D eigenvalue weighted by molar-refractivity contribution is 6.12. The normalized spacial score (nSPS) is 14.8. The van der Waals surface area contributed by atoms with E-state index in [9.17, 15) is 9.59 Å². The quantitative estimate of drug-likeness (QED) is 0.297. The maximum atomic E-state index is 11.3. The van der Waals surface area contributed by atoms with Crippen molar-refractivity contribution in [2.24, 2.45) is 11.5 Å². The molecular formula is C13H23N3O4. The summed E-state index contributed by atoms with van der Waals surface area (Å²) in [6.45, 7) is 2.43. The molecule has 0 unspecified atom stereocenters. The summed E-state index contributed by atoms with van der Waals surface area (Å²) < 4.78 is 10.5. The van der Waals surface area contributed by atoms with Crippen molar-refractivity contribution in [3.8, 4) is 0 Å². The van der Waals surface area contributed by atoms with Crippen LogP contribution in [0, 0.1) is 0 Å². The first kappa shape index (κ1) is 16.8. The molecule has 0 aromatic rings. The number of nitrogens with two attached hydrogens (primary N) is 2. The van der Waals surface area contributed by atoms with Gasteiger partial charge < -0.3 is 20.9 Å². The number of nitrogens with zero attached hydrogens (tertiary/aromatic N) is 1. The predicted octanol–water partition coefficient (Wildman–Crippen LogP) is -0.642. The Hall–Kier alpha value is -1.28. The highest BCUT2D eigenvalue weighted by atomic mass is 16.5. The summed E-state index contributed by atoms with van der Waals surface area (Å²) in [7, 11) is 0. The van der Waals surface area contributed by atoms with Crippen LogP contribution in [0.5, 0.6) is 0 Å². The molecule has 1 rings (SSSR count). The Labute approximate surface area is 118 Å². The minimum absolute atomic E-state index is 0.221. The number of hydrogen-bond acceptors (Lipinski definition) is 6. The average molecular weight is 285 g/mol. The minimum Gasteiger partial charge on any atom is -0.379 e. The molecule has 7 heteroatoms. The maximum absolute atomic E-state index is 11.3. The molecule has 1 aliphatic rings. The lowest BCUT2D eigenvalue weighted by Gasteiger charge is -2.13. The SMILES string of the molecule is NC(N)COCCOCCCCCN1C(=O)C=CC1=O. The van der Waals surface area contributed by atoms with Crippen molar-refractivity contribution in [3.63, 3.8) is 0 Å². The summed E-state index contributed by atoms with van der Waals surface area (Å²) in [6, 6.07) is 0. The van der Waals surface area contributed by atoms with Crippen molar-refractivity contribution < 1.29 is 19.1 Å². The Bertz CT molecular complexity index is 327. The van der Waals surface area contributed by atoms with Gasteiger partial charge >= 0.3 is 0 Å². The molecule has 0 bridgehead atoms. The van der Waals surface area contributed by atoms with Gasteiger partial charge in [-0.05, 0) is 19.3 Å². The van der Waals surface area contributed by atoms with E-state index in [1.165, 1.54) is 17.1 Å². The molecule has 0 saturated carbocycles. The van der Waals surface area contributed by atoms with Crippen LogP contribution in [0.4, 0.5) is 0 Å². The predicted molar refractivity (Wildman–Crippen MR) is 73.5 cm³/mol. The molecule has 1 heterocycles. The molecule has 0 atom stereocenters.